The zero-order chi connectivity index (χ0) is 13.7. The Morgan fingerprint density at radius 3 is 2.95 bits per heavy atom. The van der Waals surface area contributed by atoms with Crippen LogP contribution in [0.15, 0.2) is 18.2 Å². The largest absolute Gasteiger partial charge is 0.493 e. The van der Waals surface area contributed by atoms with Gasteiger partial charge < -0.3 is 9.47 Å². The molecule has 0 radical (unpaired) electrons. The van der Waals surface area contributed by atoms with Gasteiger partial charge in [0.05, 0.1) is 19.6 Å². The average Bonchev–Trinajstić information content (AvgIpc) is 2.40. The maximum absolute atomic E-state index is 11.8. The lowest BCUT2D eigenvalue weighted by Crippen LogP contribution is -2.14. The lowest BCUT2D eigenvalue weighted by molar-refractivity contribution is -0.143. The fourth-order valence-electron chi connectivity index (χ4n) is 2.26. The lowest BCUT2D eigenvalue weighted by Gasteiger charge is -2.18. The lowest BCUT2D eigenvalue weighted by atomic mass is 9.90. The third kappa shape index (κ3) is 3.34. The first-order valence-electron chi connectivity index (χ1n) is 6.66. The summed E-state index contributed by atoms with van der Waals surface area (Å²) in [5, 5.41) is 0. The second-order valence-corrected chi connectivity index (χ2v) is 4.46. The molecule has 4 nitrogen and oxygen atoms in total. The van der Waals surface area contributed by atoms with Crippen molar-refractivity contribution in [2.45, 2.75) is 32.6 Å². The van der Waals surface area contributed by atoms with Gasteiger partial charge in [-0.1, -0.05) is 12.1 Å². The summed E-state index contributed by atoms with van der Waals surface area (Å²) >= 11 is 0. The minimum Gasteiger partial charge on any atom is -0.493 e. The number of Topliss-reactive ketones (excluding diaryl/α,β-unsaturated/α-hetero) is 1. The van der Waals surface area contributed by atoms with E-state index in [4.69, 9.17) is 9.47 Å². The molecule has 0 spiro atoms. The predicted molar refractivity (Wildman–Crippen MR) is 70.5 cm³/mol. The number of fused-ring (bicyclic) bond motifs is 1. The number of carbonyl (C=O) groups excluding carboxylic acids is 2. The van der Waals surface area contributed by atoms with Crippen LogP contribution in [0.2, 0.25) is 0 Å². The number of rotatable bonds is 5. The topological polar surface area (TPSA) is 52.6 Å². The molecular formula is C15H18O4. The van der Waals surface area contributed by atoms with E-state index in [1.807, 2.05) is 18.2 Å². The zero-order valence-electron chi connectivity index (χ0n) is 11.1. The van der Waals surface area contributed by atoms with Crippen molar-refractivity contribution in [1.82, 2.24) is 0 Å². The average molecular weight is 262 g/mol. The molecule has 0 aliphatic heterocycles. The number of carbonyl (C=O) groups is 2. The van der Waals surface area contributed by atoms with Gasteiger partial charge in [0, 0.05) is 17.5 Å². The highest BCUT2D eigenvalue weighted by Crippen LogP contribution is 2.29. The van der Waals surface area contributed by atoms with E-state index in [0.717, 1.165) is 29.7 Å². The Morgan fingerprint density at radius 2 is 2.16 bits per heavy atom. The summed E-state index contributed by atoms with van der Waals surface area (Å²) in [6, 6.07) is 5.51. The van der Waals surface area contributed by atoms with E-state index in [1.54, 1.807) is 6.92 Å². The molecular weight excluding hydrogens is 244 g/mol. The van der Waals surface area contributed by atoms with Gasteiger partial charge in [0.15, 0.2) is 5.78 Å². The van der Waals surface area contributed by atoms with E-state index in [2.05, 4.69) is 0 Å². The minimum atomic E-state index is -0.261. The van der Waals surface area contributed by atoms with E-state index < -0.39 is 0 Å². The molecule has 0 amide bonds. The van der Waals surface area contributed by atoms with Crippen molar-refractivity contribution >= 4 is 11.8 Å². The van der Waals surface area contributed by atoms with Crippen LogP contribution in [0.5, 0.6) is 5.75 Å². The van der Waals surface area contributed by atoms with Gasteiger partial charge in [0.1, 0.15) is 5.75 Å². The highest BCUT2D eigenvalue weighted by Gasteiger charge is 2.20. The fourth-order valence-corrected chi connectivity index (χ4v) is 2.26. The van der Waals surface area contributed by atoms with Gasteiger partial charge in [0.2, 0.25) is 0 Å². The van der Waals surface area contributed by atoms with Gasteiger partial charge in [-0.3, -0.25) is 9.59 Å². The fraction of sp³-hybridized carbons (Fsp3) is 0.467. The molecule has 2 rings (SSSR count). The normalized spacial score (nSPS) is 13.8. The summed E-state index contributed by atoms with van der Waals surface area (Å²) < 4.78 is 10.5. The predicted octanol–water partition coefficient (Wildman–Crippen LogP) is 2.54. The second kappa shape index (κ2) is 6.36. The maximum atomic E-state index is 11.8. The molecule has 0 saturated carbocycles. The molecule has 0 aromatic heterocycles. The Labute approximate surface area is 112 Å². The molecule has 0 N–H and O–H groups in total. The summed E-state index contributed by atoms with van der Waals surface area (Å²) in [4.78, 5) is 23.0. The van der Waals surface area contributed by atoms with Crippen molar-refractivity contribution < 1.29 is 19.1 Å². The van der Waals surface area contributed by atoms with Crippen LogP contribution in [0.1, 0.15) is 42.1 Å². The number of hydrogen-bond acceptors (Lipinski definition) is 4. The smallest absolute Gasteiger partial charge is 0.309 e. The number of ether oxygens (including phenoxy) is 2. The standard InChI is InChI=1S/C15H18O4/c1-2-18-15(17)9-10-19-14-8-4-5-11-12(14)6-3-7-13(11)16/h4-5,8H,2-3,6-7,9-10H2,1H3. The van der Waals surface area contributed by atoms with E-state index in [9.17, 15) is 9.59 Å². The second-order valence-electron chi connectivity index (χ2n) is 4.46. The summed E-state index contributed by atoms with van der Waals surface area (Å²) in [5.41, 5.74) is 1.74. The molecule has 1 aliphatic rings. The highest BCUT2D eigenvalue weighted by molar-refractivity contribution is 5.99. The monoisotopic (exact) mass is 262 g/mol. The van der Waals surface area contributed by atoms with Gasteiger partial charge in [-0.05, 0) is 25.8 Å². The molecule has 0 heterocycles. The van der Waals surface area contributed by atoms with E-state index >= 15 is 0 Å². The first-order chi connectivity index (χ1) is 9.22. The summed E-state index contributed by atoms with van der Waals surface area (Å²) in [6.45, 7) is 2.44. The van der Waals surface area contributed by atoms with E-state index in [0.29, 0.717) is 13.0 Å². The van der Waals surface area contributed by atoms with Crippen LogP contribution < -0.4 is 4.74 Å². The Bertz CT molecular complexity index is 479. The van der Waals surface area contributed by atoms with Crippen molar-refractivity contribution in [3.8, 4) is 5.75 Å². The van der Waals surface area contributed by atoms with Gasteiger partial charge in [-0.25, -0.2) is 0 Å². The first-order valence-corrected chi connectivity index (χ1v) is 6.66. The molecule has 0 unspecified atom stereocenters. The number of hydrogen-bond donors (Lipinski definition) is 0. The molecule has 0 atom stereocenters. The van der Waals surface area contributed by atoms with Gasteiger partial charge in [0.25, 0.3) is 0 Å². The molecule has 1 aromatic rings. The van der Waals surface area contributed by atoms with Crippen molar-refractivity contribution in [2.24, 2.45) is 0 Å². The van der Waals surface area contributed by atoms with Crippen LogP contribution in [0.4, 0.5) is 0 Å². The molecule has 0 saturated heterocycles. The number of benzene rings is 1. The summed E-state index contributed by atoms with van der Waals surface area (Å²) in [5.74, 6) is 0.635. The van der Waals surface area contributed by atoms with Crippen molar-refractivity contribution in [3.05, 3.63) is 29.3 Å². The Hall–Kier alpha value is -1.84. The maximum Gasteiger partial charge on any atom is 0.309 e. The summed E-state index contributed by atoms with van der Waals surface area (Å²) in [7, 11) is 0. The SMILES string of the molecule is CCOC(=O)CCOc1cccc2c1CCCC2=O. The van der Waals surface area contributed by atoms with Crippen LogP contribution in [0.3, 0.4) is 0 Å². The quantitative estimate of drug-likeness (QED) is 0.765. The van der Waals surface area contributed by atoms with Crippen LogP contribution in [-0.4, -0.2) is 25.0 Å². The van der Waals surface area contributed by atoms with Gasteiger partial charge >= 0.3 is 5.97 Å². The van der Waals surface area contributed by atoms with Crippen LogP contribution in [0.25, 0.3) is 0 Å². The van der Waals surface area contributed by atoms with Crippen molar-refractivity contribution in [3.63, 3.8) is 0 Å². The third-order valence-electron chi connectivity index (χ3n) is 3.13. The van der Waals surface area contributed by atoms with Crippen LogP contribution >= 0.6 is 0 Å². The third-order valence-corrected chi connectivity index (χ3v) is 3.13. The summed E-state index contributed by atoms with van der Waals surface area (Å²) in [6.07, 6.45) is 2.56. The minimum absolute atomic E-state index is 0.178. The molecule has 1 aromatic carbocycles. The Morgan fingerprint density at radius 1 is 1.32 bits per heavy atom. The number of esters is 1. The molecule has 19 heavy (non-hydrogen) atoms. The highest BCUT2D eigenvalue weighted by atomic mass is 16.5. The molecule has 0 fully saturated rings. The number of ketones is 1. The van der Waals surface area contributed by atoms with Gasteiger partial charge in [-0.15, -0.1) is 0 Å². The molecule has 4 heteroatoms. The molecule has 0 bridgehead atoms. The molecule has 1 aliphatic carbocycles. The molecule has 102 valence electrons. The van der Waals surface area contributed by atoms with E-state index in [-0.39, 0.29) is 24.8 Å². The zero-order valence-corrected chi connectivity index (χ0v) is 11.1. The Kier molecular flexibility index (Phi) is 4.55. The van der Waals surface area contributed by atoms with Crippen molar-refractivity contribution in [2.75, 3.05) is 13.2 Å². The van der Waals surface area contributed by atoms with E-state index in [1.165, 1.54) is 0 Å². The van der Waals surface area contributed by atoms with Gasteiger partial charge in [-0.2, -0.15) is 0 Å². The van der Waals surface area contributed by atoms with Crippen LogP contribution in [-0.2, 0) is 16.0 Å². The van der Waals surface area contributed by atoms with Crippen LogP contribution in [0, 0.1) is 0 Å². The first kappa shape index (κ1) is 13.6. The van der Waals surface area contributed by atoms with Crippen molar-refractivity contribution in [1.29, 1.82) is 0 Å². The Balaban J connectivity index is 1.99.